The van der Waals surface area contributed by atoms with E-state index in [4.69, 9.17) is 10.5 Å². The maximum Gasteiger partial charge on any atom is 0.244 e. The molecule has 2 rings (SSSR count). The first-order chi connectivity index (χ1) is 10.0. The molecule has 0 fully saturated rings. The predicted molar refractivity (Wildman–Crippen MR) is 82.8 cm³/mol. The summed E-state index contributed by atoms with van der Waals surface area (Å²) in [7, 11) is -3.59. The molecule has 3 N–H and O–H groups in total. The van der Waals surface area contributed by atoms with Crippen molar-refractivity contribution in [1.29, 1.82) is 0 Å². The number of rotatable bonds is 6. The summed E-state index contributed by atoms with van der Waals surface area (Å²) in [5, 5.41) is 0. The van der Waals surface area contributed by atoms with E-state index in [-0.39, 0.29) is 10.6 Å². The zero-order valence-corrected chi connectivity index (χ0v) is 12.6. The molecule has 0 unspecified atom stereocenters. The van der Waals surface area contributed by atoms with Crippen LogP contribution in [0.3, 0.4) is 0 Å². The van der Waals surface area contributed by atoms with Crippen LogP contribution in [0.5, 0.6) is 11.5 Å². The third kappa shape index (κ3) is 3.96. The molecule has 112 valence electrons. The molecule has 5 nitrogen and oxygen atoms in total. The lowest BCUT2D eigenvalue weighted by Crippen LogP contribution is -2.24. The number of anilines is 1. The van der Waals surface area contributed by atoms with Crippen molar-refractivity contribution in [3.63, 3.8) is 0 Å². The zero-order chi connectivity index (χ0) is 15.3. The minimum atomic E-state index is -3.59. The lowest BCUT2D eigenvalue weighted by molar-refractivity contribution is 0.467. The van der Waals surface area contributed by atoms with Crippen molar-refractivity contribution in [1.82, 2.24) is 4.72 Å². The third-order valence-electron chi connectivity index (χ3n) is 2.77. The van der Waals surface area contributed by atoms with Gasteiger partial charge in [0.2, 0.25) is 10.0 Å². The van der Waals surface area contributed by atoms with Gasteiger partial charge in [-0.3, -0.25) is 0 Å². The Morgan fingerprint density at radius 3 is 2.62 bits per heavy atom. The fraction of sp³-hybridized carbons (Fsp3) is 0.200. The summed E-state index contributed by atoms with van der Waals surface area (Å²) in [5.74, 6) is 0.764. The second-order valence-corrected chi connectivity index (χ2v) is 6.25. The Kier molecular flexibility index (Phi) is 4.82. The Morgan fingerprint density at radius 2 is 1.90 bits per heavy atom. The van der Waals surface area contributed by atoms with Crippen molar-refractivity contribution in [3.05, 3.63) is 48.5 Å². The van der Waals surface area contributed by atoms with Gasteiger partial charge in [-0.2, -0.15) is 0 Å². The molecule has 0 aliphatic carbocycles. The van der Waals surface area contributed by atoms with Crippen LogP contribution in [0.1, 0.15) is 13.3 Å². The highest BCUT2D eigenvalue weighted by atomic mass is 32.2. The van der Waals surface area contributed by atoms with Crippen molar-refractivity contribution in [3.8, 4) is 11.5 Å². The fourth-order valence-corrected chi connectivity index (χ4v) is 3.04. The summed E-state index contributed by atoms with van der Waals surface area (Å²) in [6.07, 6.45) is 0.720. The molecule has 0 amide bonds. The van der Waals surface area contributed by atoms with Crippen LogP contribution in [0.4, 0.5) is 5.69 Å². The van der Waals surface area contributed by atoms with E-state index in [2.05, 4.69) is 4.72 Å². The van der Waals surface area contributed by atoms with Crippen molar-refractivity contribution in [2.45, 2.75) is 18.2 Å². The topological polar surface area (TPSA) is 81.4 Å². The van der Waals surface area contributed by atoms with E-state index in [1.807, 2.05) is 6.92 Å². The summed E-state index contributed by atoms with van der Waals surface area (Å²) in [6.45, 7) is 2.28. The smallest absolute Gasteiger partial charge is 0.244 e. The van der Waals surface area contributed by atoms with Gasteiger partial charge >= 0.3 is 0 Å². The van der Waals surface area contributed by atoms with Crippen LogP contribution in [0.15, 0.2) is 53.4 Å². The van der Waals surface area contributed by atoms with Gasteiger partial charge in [0.15, 0.2) is 0 Å². The first kappa shape index (κ1) is 15.3. The molecule has 0 saturated carbocycles. The van der Waals surface area contributed by atoms with Gasteiger partial charge in [-0.05, 0) is 30.7 Å². The molecule has 6 heteroatoms. The highest BCUT2D eigenvalue weighted by Gasteiger charge is 2.18. The lowest BCUT2D eigenvalue weighted by atomic mass is 10.3. The van der Waals surface area contributed by atoms with Crippen LogP contribution in [0.25, 0.3) is 0 Å². The van der Waals surface area contributed by atoms with Crippen LogP contribution in [-0.2, 0) is 10.0 Å². The van der Waals surface area contributed by atoms with E-state index in [0.29, 0.717) is 18.0 Å². The normalized spacial score (nSPS) is 11.3. The van der Waals surface area contributed by atoms with Crippen molar-refractivity contribution in [2.24, 2.45) is 0 Å². The number of hydrogen-bond acceptors (Lipinski definition) is 4. The number of ether oxygens (including phenoxy) is 1. The van der Waals surface area contributed by atoms with Crippen LogP contribution in [0.2, 0.25) is 0 Å². The molecule has 0 heterocycles. The van der Waals surface area contributed by atoms with E-state index in [0.717, 1.165) is 6.42 Å². The standard InChI is InChI=1S/C15H18N2O3S/c1-2-10-17-21(18,19)15-9-4-3-8-14(15)20-13-7-5-6-12(16)11-13/h3-9,11,17H,2,10,16H2,1H3. The molecular weight excluding hydrogens is 288 g/mol. The van der Waals surface area contributed by atoms with Crippen molar-refractivity contribution >= 4 is 15.7 Å². The van der Waals surface area contributed by atoms with E-state index in [1.54, 1.807) is 42.5 Å². The molecule has 0 bridgehead atoms. The number of nitrogens with one attached hydrogen (secondary N) is 1. The monoisotopic (exact) mass is 306 g/mol. The van der Waals surface area contributed by atoms with E-state index in [9.17, 15) is 8.42 Å². The molecule has 0 saturated heterocycles. The highest BCUT2D eigenvalue weighted by molar-refractivity contribution is 7.89. The van der Waals surface area contributed by atoms with E-state index in [1.165, 1.54) is 6.07 Å². The molecule has 0 atom stereocenters. The first-order valence-corrected chi connectivity index (χ1v) is 8.13. The average molecular weight is 306 g/mol. The molecule has 0 radical (unpaired) electrons. The molecule has 0 aliphatic heterocycles. The molecule has 0 aromatic heterocycles. The largest absolute Gasteiger partial charge is 0.456 e. The van der Waals surface area contributed by atoms with Crippen molar-refractivity contribution < 1.29 is 13.2 Å². The minimum Gasteiger partial charge on any atom is -0.456 e. The van der Waals surface area contributed by atoms with Gasteiger partial charge in [0.1, 0.15) is 16.4 Å². The van der Waals surface area contributed by atoms with Crippen LogP contribution >= 0.6 is 0 Å². The minimum absolute atomic E-state index is 0.112. The highest BCUT2D eigenvalue weighted by Crippen LogP contribution is 2.29. The molecule has 0 aliphatic rings. The molecule has 21 heavy (non-hydrogen) atoms. The maximum absolute atomic E-state index is 12.3. The zero-order valence-electron chi connectivity index (χ0n) is 11.7. The fourth-order valence-electron chi connectivity index (χ4n) is 1.78. The van der Waals surface area contributed by atoms with E-state index >= 15 is 0 Å². The van der Waals surface area contributed by atoms with Gasteiger partial charge in [-0.25, -0.2) is 13.1 Å². The molecule has 2 aromatic rings. The number of benzene rings is 2. The molecule has 2 aromatic carbocycles. The van der Waals surface area contributed by atoms with Gasteiger partial charge in [-0.15, -0.1) is 0 Å². The Hall–Kier alpha value is -2.05. The van der Waals surface area contributed by atoms with E-state index < -0.39 is 10.0 Å². The molecular formula is C15H18N2O3S. The van der Waals surface area contributed by atoms with Gasteiger partial charge < -0.3 is 10.5 Å². The average Bonchev–Trinajstić information content (AvgIpc) is 2.46. The SMILES string of the molecule is CCCNS(=O)(=O)c1ccccc1Oc1cccc(N)c1. The number of nitrogen functional groups attached to an aromatic ring is 1. The second-order valence-electron chi connectivity index (χ2n) is 4.52. The van der Waals surface area contributed by atoms with Crippen LogP contribution in [-0.4, -0.2) is 15.0 Å². The molecule has 0 spiro atoms. The Balaban J connectivity index is 2.33. The number of sulfonamides is 1. The second kappa shape index (κ2) is 6.60. The van der Waals surface area contributed by atoms with Gasteiger partial charge in [0.05, 0.1) is 0 Å². The quantitative estimate of drug-likeness (QED) is 0.804. The Bertz CT molecular complexity index is 714. The number of para-hydroxylation sites is 1. The summed E-state index contributed by atoms with van der Waals surface area (Å²) >= 11 is 0. The Labute approximate surface area is 124 Å². The van der Waals surface area contributed by atoms with Gasteiger partial charge in [0.25, 0.3) is 0 Å². The third-order valence-corrected chi connectivity index (χ3v) is 4.27. The maximum atomic E-state index is 12.3. The number of hydrogen-bond donors (Lipinski definition) is 2. The first-order valence-electron chi connectivity index (χ1n) is 6.65. The van der Waals surface area contributed by atoms with Crippen LogP contribution in [0, 0.1) is 0 Å². The Morgan fingerprint density at radius 1 is 1.14 bits per heavy atom. The number of nitrogens with two attached hydrogens (primary N) is 1. The van der Waals surface area contributed by atoms with Gasteiger partial charge in [0, 0.05) is 18.3 Å². The summed E-state index contributed by atoms with van der Waals surface area (Å²) in [6, 6.07) is 13.4. The summed E-state index contributed by atoms with van der Waals surface area (Å²) in [4.78, 5) is 0.112. The van der Waals surface area contributed by atoms with Crippen LogP contribution < -0.4 is 15.2 Å². The summed E-state index contributed by atoms with van der Waals surface area (Å²) in [5.41, 5.74) is 6.24. The van der Waals surface area contributed by atoms with Crippen molar-refractivity contribution in [2.75, 3.05) is 12.3 Å². The lowest BCUT2D eigenvalue weighted by Gasteiger charge is -2.12. The predicted octanol–water partition coefficient (Wildman–Crippen LogP) is 2.75. The van der Waals surface area contributed by atoms with Gasteiger partial charge in [-0.1, -0.05) is 25.1 Å². The summed E-state index contributed by atoms with van der Waals surface area (Å²) < 4.78 is 32.7.